The van der Waals surface area contributed by atoms with Crippen molar-refractivity contribution in [2.75, 3.05) is 0 Å². The Morgan fingerprint density at radius 1 is 1.32 bits per heavy atom. The van der Waals surface area contributed by atoms with E-state index in [9.17, 15) is 13.2 Å². The van der Waals surface area contributed by atoms with Crippen molar-refractivity contribution in [3.8, 4) is 0 Å². The van der Waals surface area contributed by atoms with Crippen molar-refractivity contribution < 1.29 is 18.3 Å². The predicted molar refractivity (Wildman–Crippen MR) is 70.6 cm³/mol. The molecular weight excluding hydrogens is 266 g/mol. The first-order valence-corrected chi connectivity index (χ1v) is 7.40. The Labute approximate surface area is 112 Å². The zero-order chi connectivity index (χ0) is 14.0. The topological polar surface area (TPSA) is 83.5 Å². The zero-order valence-electron chi connectivity index (χ0n) is 10.5. The highest BCUT2D eigenvalue weighted by Gasteiger charge is 2.22. The van der Waals surface area contributed by atoms with Gasteiger partial charge in [0.25, 0.3) is 0 Å². The van der Waals surface area contributed by atoms with Gasteiger partial charge in [0.1, 0.15) is 0 Å². The number of carboxylic acid groups (broad SMARTS) is 1. The van der Waals surface area contributed by atoms with Gasteiger partial charge in [0, 0.05) is 6.04 Å². The van der Waals surface area contributed by atoms with Crippen LogP contribution >= 0.6 is 0 Å². The highest BCUT2D eigenvalue weighted by atomic mass is 32.2. The fourth-order valence-electron chi connectivity index (χ4n) is 2.00. The fourth-order valence-corrected chi connectivity index (χ4v) is 3.29. The van der Waals surface area contributed by atoms with Crippen LogP contribution in [0.3, 0.4) is 0 Å². The summed E-state index contributed by atoms with van der Waals surface area (Å²) < 4.78 is 26.9. The number of benzene rings is 1. The van der Waals surface area contributed by atoms with Crippen LogP contribution < -0.4 is 4.72 Å². The van der Waals surface area contributed by atoms with Crippen LogP contribution in [0.15, 0.2) is 35.2 Å². The average Bonchev–Trinajstić information content (AvgIpc) is 2.80. The van der Waals surface area contributed by atoms with Crippen LogP contribution in [0.2, 0.25) is 0 Å². The van der Waals surface area contributed by atoms with Crippen molar-refractivity contribution in [3.05, 3.63) is 41.5 Å². The molecule has 0 aliphatic heterocycles. The van der Waals surface area contributed by atoms with E-state index in [1.807, 2.05) is 12.2 Å². The summed E-state index contributed by atoms with van der Waals surface area (Å²) in [7, 11) is -3.67. The van der Waals surface area contributed by atoms with Crippen molar-refractivity contribution in [2.24, 2.45) is 0 Å². The second kappa shape index (κ2) is 5.14. The second-order valence-electron chi connectivity index (χ2n) is 4.54. The molecule has 1 aliphatic rings. The maximum atomic E-state index is 12.1. The lowest BCUT2D eigenvalue weighted by molar-refractivity contribution is 0.0696. The van der Waals surface area contributed by atoms with Gasteiger partial charge in [-0.25, -0.2) is 17.9 Å². The van der Waals surface area contributed by atoms with Gasteiger partial charge in [-0.05, 0) is 37.5 Å². The lowest BCUT2D eigenvalue weighted by Gasteiger charge is -2.13. The Hall–Kier alpha value is -1.66. The van der Waals surface area contributed by atoms with E-state index in [0.717, 1.165) is 0 Å². The van der Waals surface area contributed by atoms with Crippen molar-refractivity contribution >= 4 is 16.0 Å². The molecule has 1 aromatic carbocycles. The molecule has 0 bridgehead atoms. The third kappa shape index (κ3) is 3.02. The van der Waals surface area contributed by atoms with Gasteiger partial charge in [0.2, 0.25) is 10.0 Å². The molecule has 5 nitrogen and oxygen atoms in total. The number of sulfonamides is 1. The minimum absolute atomic E-state index is 0.00687. The maximum absolute atomic E-state index is 12.1. The van der Waals surface area contributed by atoms with E-state index in [-0.39, 0.29) is 16.5 Å². The Morgan fingerprint density at radius 3 is 2.53 bits per heavy atom. The molecule has 1 aromatic rings. The van der Waals surface area contributed by atoms with Gasteiger partial charge in [0.05, 0.1) is 10.5 Å². The summed E-state index contributed by atoms with van der Waals surface area (Å²) in [5.74, 6) is -1.13. The molecule has 0 radical (unpaired) electrons. The van der Waals surface area contributed by atoms with Gasteiger partial charge in [-0.15, -0.1) is 0 Å². The molecule has 0 fully saturated rings. The third-order valence-corrected chi connectivity index (χ3v) is 4.60. The van der Waals surface area contributed by atoms with Crippen LogP contribution in [-0.4, -0.2) is 25.5 Å². The number of aryl methyl sites for hydroxylation is 1. The smallest absolute Gasteiger partial charge is 0.335 e. The number of hydrogen-bond acceptors (Lipinski definition) is 3. The molecule has 0 spiro atoms. The van der Waals surface area contributed by atoms with Crippen molar-refractivity contribution in [2.45, 2.75) is 30.7 Å². The molecule has 0 saturated carbocycles. The summed E-state index contributed by atoms with van der Waals surface area (Å²) in [6, 6.07) is 3.99. The van der Waals surface area contributed by atoms with E-state index in [1.54, 1.807) is 6.92 Å². The Bertz CT molecular complexity index is 626. The van der Waals surface area contributed by atoms with Gasteiger partial charge in [-0.1, -0.05) is 18.2 Å². The molecule has 2 N–H and O–H groups in total. The van der Waals surface area contributed by atoms with E-state index in [2.05, 4.69) is 4.72 Å². The number of carbonyl (C=O) groups is 1. The minimum Gasteiger partial charge on any atom is -0.478 e. The van der Waals surface area contributed by atoms with Gasteiger partial charge < -0.3 is 5.11 Å². The van der Waals surface area contributed by atoms with Crippen molar-refractivity contribution in [1.82, 2.24) is 4.72 Å². The molecule has 102 valence electrons. The number of aromatic carboxylic acids is 1. The van der Waals surface area contributed by atoms with Gasteiger partial charge in [-0.2, -0.15) is 0 Å². The number of carboxylic acids is 1. The molecule has 0 heterocycles. The molecule has 0 amide bonds. The number of nitrogens with one attached hydrogen (secondary N) is 1. The number of hydrogen-bond donors (Lipinski definition) is 2. The molecule has 1 aliphatic carbocycles. The SMILES string of the molecule is Cc1ccc(S(=O)(=O)NC2CC=CC2)cc1C(=O)O. The molecule has 6 heteroatoms. The van der Waals surface area contributed by atoms with Crippen molar-refractivity contribution in [1.29, 1.82) is 0 Å². The highest BCUT2D eigenvalue weighted by molar-refractivity contribution is 7.89. The summed E-state index contributed by atoms with van der Waals surface area (Å²) in [5, 5.41) is 9.01. The van der Waals surface area contributed by atoms with Gasteiger partial charge >= 0.3 is 5.97 Å². The van der Waals surface area contributed by atoms with E-state index < -0.39 is 16.0 Å². The first kappa shape index (κ1) is 13.8. The van der Waals surface area contributed by atoms with E-state index in [1.165, 1.54) is 18.2 Å². The van der Waals surface area contributed by atoms with Crippen LogP contribution in [0, 0.1) is 6.92 Å². The first-order chi connectivity index (χ1) is 8.90. The normalized spacial score (nSPS) is 15.8. The second-order valence-corrected chi connectivity index (χ2v) is 6.26. The standard InChI is InChI=1S/C13H15NO4S/c1-9-6-7-11(8-12(9)13(15)16)19(17,18)14-10-4-2-3-5-10/h2-3,6-8,10,14H,4-5H2,1H3,(H,15,16). The van der Waals surface area contributed by atoms with Gasteiger partial charge in [-0.3, -0.25) is 0 Å². The Kier molecular flexibility index (Phi) is 3.73. The molecule has 19 heavy (non-hydrogen) atoms. The van der Waals surface area contributed by atoms with Crippen molar-refractivity contribution in [3.63, 3.8) is 0 Å². The van der Waals surface area contributed by atoms with E-state index in [4.69, 9.17) is 5.11 Å². The molecule has 0 aromatic heterocycles. The minimum atomic E-state index is -3.67. The summed E-state index contributed by atoms with van der Waals surface area (Å²) in [6.07, 6.45) is 5.17. The Balaban J connectivity index is 2.29. The Morgan fingerprint density at radius 2 is 1.95 bits per heavy atom. The highest BCUT2D eigenvalue weighted by Crippen LogP contribution is 2.18. The molecule has 2 rings (SSSR count). The quantitative estimate of drug-likeness (QED) is 0.823. The molecule has 0 saturated heterocycles. The van der Waals surface area contributed by atoms with E-state index in [0.29, 0.717) is 18.4 Å². The van der Waals surface area contributed by atoms with Crippen LogP contribution in [-0.2, 0) is 10.0 Å². The monoisotopic (exact) mass is 281 g/mol. The summed E-state index contributed by atoms with van der Waals surface area (Å²) >= 11 is 0. The fraction of sp³-hybridized carbons (Fsp3) is 0.308. The van der Waals surface area contributed by atoms with Crippen LogP contribution in [0.1, 0.15) is 28.8 Å². The maximum Gasteiger partial charge on any atom is 0.335 e. The van der Waals surface area contributed by atoms with E-state index >= 15 is 0 Å². The third-order valence-electron chi connectivity index (χ3n) is 3.08. The lowest BCUT2D eigenvalue weighted by atomic mass is 10.1. The largest absolute Gasteiger partial charge is 0.478 e. The summed E-state index contributed by atoms with van der Waals surface area (Å²) in [5.41, 5.74) is 0.543. The van der Waals surface area contributed by atoms with Crippen LogP contribution in [0.5, 0.6) is 0 Å². The molecular formula is C13H15NO4S. The number of rotatable bonds is 4. The summed E-state index contributed by atoms with van der Waals surface area (Å²) in [6.45, 7) is 1.63. The van der Waals surface area contributed by atoms with Crippen LogP contribution in [0.4, 0.5) is 0 Å². The molecule has 0 unspecified atom stereocenters. The average molecular weight is 281 g/mol. The lowest BCUT2D eigenvalue weighted by Crippen LogP contribution is -2.33. The summed E-state index contributed by atoms with van der Waals surface area (Å²) in [4.78, 5) is 11.0. The van der Waals surface area contributed by atoms with Gasteiger partial charge in [0.15, 0.2) is 0 Å². The zero-order valence-corrected chi connectivity index (χ0v) is 11.3. The predicted octanol–water partition coefficient (Wildman–Crippen LogP) is 1.69. The first-order valence-electron chi connectivity index (χ1n) is 5.91. The molecule has 0 atom stereocenters. The van der Waals surface area contributed by atoms with Crippen LogP contribution in [0.25, 0.3) is 0 Å².